The van der Waals surface area contributed by atoms with E-state index in [1.165, 1.54) is 0 Å². The minimum atomic E-state index is -0.487. The number of hydrogen-bond donors (Lipinski definition) is 0. The molecule has 2 rings (SSSR count). The second-order valence-corrected chi connectivity index (χ2v) is 4.15. The van der Waals surface area contributed by atoms with Crippen molar-refractivity contribution in [3.63, 3.8) is 0 Å². The lowest BCUT2D eigenvalue weighted by Gasteiger charge is -2.17. The highest BCUT2D eigenvalue weighted by Crippen LogP contribution is 2.32. The Morgan fingerprint density at radius 1 is 1.53 bits per heavy atom. The van der Waals surface area contributed by atoms with Gasteiger partial charge in [-0.2, -0.15) is 0 Å². The standard InChI is InChI=1S/C10H9BrClNO2/c11-9-8(7(12)3-4-13-9)10-14-5-1-2-6-15-10/h1,3-5,10H,2,6H2/t10-/m1/s1. The van der Waals surface area contributed by atoms with E-state index in [9.17, 15) is 0 Å². The van der Waals surface area contributed by atoms with Gasteiger partial charge in [0.25, 0.3) is 0 Å². The Morgan fingerprint density at radius 3 is 3.20 bits per heavy atom. The van der Waals surface area contributed by atoms with Crippen LogP contribution in [0.4, 0.5) is 0 Å². The lowest BCUT2D eigenvalue weighted by atomic mass is 10.3. The molecule has 0 bridgehead atoms. The predicted octanol–water partition coefficient (Wildman–Crippen LogP) is 3.45. The fourth-order valence-electron chi connectivity index (χ4n) is 1.26. The summed E-state index contributed by atoms with van der Waals surface area (Å²) in [5, 5.41) is 0.581. The molecule has 1 atom stereocenters. The van der Waals surface area contributed by atoms with Crippen LogP contribution in [-0.2, 0) is 9.47 Å². The maximum Gasteiger partial charge on any atom is 0.229 e. The van der Waals surface area contributed by atoms with E-state index in [4.69, 9.17) is 21.1 Å². The van der Waals surface area contributed by atoms with Crippen molar-refractivity contribution in [3.05, 3.63) is 39.8 Å². The van der Waals surface area contributed by atoms with Crippen molar-refractivity contribution >= 4 is 27.5 Å². The summed E-state index contributed by atoms with van der Waals surface area (Å²) in [6.07, 6.45) is 5.53. The molecule has 0 unspecified atom stereocenters. The number of nitrogens with zero attached hydrogens (tertiary/aromatic N) is 1. The minimum Gasteiger partial charge on any atom is -0.468 e. The van der Waals surface area contributed by atoms with Crippen LogP contribution in [0.1, 0.15) is 18.3 Å². The summed E-state index contributed by atoms with van der Waals surface area (Å²) in [5.74, 6) is 0. The van der Waals surface area contributed by atoms with Gasteiger partial charge in [-0.25, -0.2) is 4.98 Å². The van der Waals surface area contributed by atoms with E-state index in [2.05, 4.69) is 20.9 Å². The maximum atomic E-state index is 6.06. The van der Waals surface area contributed by atoms with Gasteiger partial charge in [0.15, 0.2) is 0 Å². The Hall–Kier alpha value is -0.580. The molecule has 1 aromatic rings. The molecule has 0 fully saturated rings. The van der Waals surface area contributed by atoms with Crippen LogP contribution in [0, 0.1) is 0 Å². The average molecular weight is 291 g/mol. The van der Waals surface area contributed by atoms with Gasteiger partial charge in [0.05, 0.1) is 23.5 Å². The minimum absolute atomic E-state index is 0.487. The van der Waals surface area contributed by atoms with Gasteiger partial charge in [0.2, 0.25) is 6.29 Å². The van der Waals surface area contributed by atoms with E-state index in [1.807, 2.05) is 6.08 Å². The van der Waals surface area contributed by atoms with Crippen LogP contribution >= 0.6 is 27.5 Å². The molecule has 1 aliphatic heterocycles. The molecule has 0 radical (unpaired) electrons. The highest BCUT2D eigenvalue weighted by molar-refractivity contribution is 9.10. The van der Waals surface area contributed by atoms with E-state index in [1.54, 1.807) is 18.5 Å². The van der Waals surface area contributed by atoms with Crippen molar-refractivity contribution in [3.8, 4) is 0 Å². The molecule has 1 aromatic heterocycles. The molecular formula is C10H9BrClNO2. The second kappa shape index (κ2) is 4.96. The van der Waals surface area contributed by atoms with Crippen molar-refractivity contribution in [1.29, 1.82) is 0 Å². The first-order chi connectivity index (χ1) is 7.29. The molecule has 1 aliphatic rings. The highest BCUT2D eigenvalue weighted by atomic mass is 79.9. The highest BCUT2D eigenvalue weighted by Gasteiger charge is 2.20. The zero-order chi connectivity index (χ0) is 10.7. The molecule has 0 aliphatic carbocycles. The lowest BCUT2D eigenvalue weighted by Crippen LogP contribution is -2.07. The van der Waals surface area contributed by atoms with Crippen molar-refractivity contribution in [2.75, 3.05) is 6.61 Å². The molecule has 5 heteroatoms. The van der Waals surface area contributed by atoms with Crippen LogP contribution in [0.2, 0.25) is 5.02 Å². The van der Waals surface area contributed by atoms with Crippen LogP contribution in [0.15, 0.2) is 29.2 Å². The van der Waals surface area contributed by atoms with E-state index >= 15 is 0 Å². The smallest absolute Gasteiger partial charge is 0.229 e. The molecule has 0 saturated carbocycles. The topological polar surface area (TPSA) is 31.4 Å². The number of ether oxygens (including phenoxy) is 2. The third kappa shape index (κ3) is 2.51. The Bertz CT molecular complexity index is 363. The van der Waals surface area contributed by atoms with Crippen molar-refractivity contribution in [2.24, 2.45) is 0 Å². The molecule has 0 aromatic carbocycles. The molecule has 15 heavy (non-hydrogen) atoms. The summed E-state index contributed by atoms with van der Waals surface area (Å²) in [7, 11) is 0. The van der Waals surface area contributed by atoms with E-state index < -0.39 is 6.29 Å². The number of halogens is 2. The SMILES string of the molecule is Clc1ccnc(Br)c1[C@@H]1OC=CCCO1. The third-order valence-corrected chi connectivity index (χ3v) is 2.94. The fourth-order valence-corrected chi connectivity index (χ4v) is 2.13. The fraction of sp³-hybridized carbons (Fsp3) is 0.300. The van der Waals surface area contributed by atoms with Crippen molar-refractivity contribution in [1.82, 2.24) is 4.98 Å². The first-order valence-corrected chi connectivity index (χ1v) is 5.68. The van der Waals surface area contributed by atoms with Crippen LogP contribution in [0.3, 0.4) is 0 Å². The molecule has 2 heterocycles. The van der Waals surface area contributed by atoms with E-state index in [0.717, 1.165) is 12.0 Å². The first kappa shape index (κ1) is 10.9. The summed E-state index contributed by atoms with van der Waals surface area (Å²) in [6.45, 7) is 0.610. The Balaban J connectivity index is 2.31. The molecular weight excluding hydrogens is 281 g/mol. The largest absolute Gasteiger partial charge is 0.468 e. The summed E-state index contributed by atoms with van der Waals surface area (Å²) >= 11 is 9.39. The van der Waals surface area contributed by atoms with Gasteiger partial charge < -0.3 is 9.47 Å². The van der Waals surface area contributed by atoms with E-state index in [-0.39, 0.29) is 0 Å². The van der Waals surface area contributed by atoms with Crippen molar-refractivity contribution in [2.45, 2.75) is 12.7 Å². The Kier molecular flexibility index (Phi) is 3.61. The molecule has 80 valence electrons. The van der Waals surface area contributed by atoms with Gasteiger partial charge >= 0.3 is 0 Å². The van der Waals surface area contributed by atoms with Crippen molar-refractivity contribution < 1.29 is 9.47 Å². The number of aromatic nitrogens is 1. The molecule has 0 saturated heterocycles. The third-order valence-electron chi connectivity index (χ3n) is 1.98. The number of pyridine rings is 1. The normalized spacial score (nSPS) is 20.8. The zero-order valence-electron chi connectivity index (χ0n) is 7.82. The summed E-state index contributed by atoms with van der Waals surface area (Å²) in [4.78, 5) is 4.09. The molecule has 0 amide bonds. The van der Waals surface area contributed by atoms with Gasteiger partial charge in [0.1, 0.15) is 4.60 Å². The van der Waals surface area contributed by atoms with Gasteiger partial charge in [-0.05, 0) is 34.5 Å². The first-order valence-electron chi connectivity index (χ1n) is 4.51. The van der Waals surface area contributed by atoms with Crippen LogP contribution in [0.25, 0.3) is 0 Å². The van der Waals surface area contributed by atoms with Crippen LogP contribution < -0.4 is 0 Å². The lowest BCUT2D eigenvalue weighted by molar-refractivity contribution is -0.103. The maximum absolute atomic E-state index is 6.06. The second-order valence-electron chi connectivity index (χ2n) is 3.00. The van der Waals surface area contributed by atoms with Crippen LogP contribution in [-0.4, -0.2) is 11.6 Å². The Morgan fingerprint density at radius 2 is 2.40 bits per heavy atom. The molecule has 0 spiro atoms. The predicted molar refractivity (Wildman–Crippen MR) is 60.5 cm³/mol. The van der Waals surface area contributed by atoms with Gasteiger partial charge in [0, 0.05) is 6.20 Å². The summed E-state index contributed by atoms with van der Waals surface area (Å²) in [6, 6.07) is 1.71. The zero-order valence-corrected chi connectivity index (χ0v) is 10.2. The number of hydrogen-bond acceptors (Lipinski definition) is 3. The summed E-state index contributed by atoms with van der Waals surface area (Å²) < 4.78 is 11.6. The molecule has 0 N–H and O–H groups in total. The average Bonchev–Trinajstić information content (AvgIpc) is 2.46. The monoisotopic (exact) mass is 289 g/mol. The Labute approximate surface area is 101 Å². The summed E-state index contributed by atoms with van der Waals surface area (Å²) in [5.41, 5.74) is 0.728. The molecule has 3 nitrogen and oxygen atoms in total. The van der Waals surface area contributed by atoms with Gasteiger partial charge in [-0.15, -0.1) is 0 Å². The quantitative estimate of drug-likeness (QED) is 0.742. The van der Waals surface area contributed by atoms with Crippen LogP contribution in [0.5, 0.6) is 0 Å². The van der Waals surface area contributed by atoms with E-state index in [0.29, 0.717) is 16.2 Å². The number of rotatable bonds is 1. The van der Waals surface area contributed by atoms with Gasteiger partial charge in [-0.3, -0.25) is 0 Å². The van der Waals surface area contributed by atoms with Gasteiger partial charge in [-0.1, -0.05) is 11.6 Å².